The molecule has 0 atom stereocenters. The Hall–Kier alpha value is -2.28. The summed E-state index contributed by atoms with van der Waals surface area (Å²) in [4.78, 5) is 15.2. The number of fused-ring (bicyclic) bond motifs is 1. The second kappa shape index (κ2) is 7.86. The van der Waals surface area contributed by atoms with Crippen LogP contribution in [-0.4, -0.2) is 21.9 Å². The molecule has 0 aliphatic carbocycles. The van der Waals surface area contributed by atoms with Gasteiger partial charge >= 0.3 is 0 Å². The van der Waals surface area contributed by atoms with Crippen LogP contribution in [-0.2, 0) is 4.79 Å². The van der Waals surface area contributed by atoms with Crippen LogP contribution < -0.4 is 9.64 Å². The van der Waals surface area contributed by atoms with Crippen molar-refractivity contribution in [3.63, 3.8) is 0 Å². The summed E-state index contributed by atoms with van der Waals surface area (Å²) in [6.45, 7) is 4.28. The van der Waals surface area contributed by atoms with E-state index < -0.39 is 0 Å². The van der Waals surface area contributed by atoms with Crippen molar-refractivity contribution in [2.45, 2.75) is 19.9 Å². The van der Waals surface area contributed by atoms with Gasteiger partial charge in [-0.25, -0.2) is 0 Å². The third-order valence-corrected chi connectivity index (χ3v) is 6.40. The van der Waals surface area contributed by atoms with Crippen molar-refractivity contribution in [2.24, 2.45) is 0 Å². The van der Waals surface area contributed by atoms with Gasteiger partial charge in [0.25, 0.3) is 5.91 Å². The van der Waals surface area contributed by atoms with Crippen LogP contribution in [0.1, 0.15) is 25.5 Å². The summed E-state index contributed by atoms with van der Waals surface area (Å²) in [6, 6.07) is 13.7. The molecule has 0 unspecified atom stereocenters. The predicted octanol–water partition coefficient (Wildman–Crippen LogP) is 6.29. The molecule has 1 saturated heterocycles. The number of thioether (sulfide) groups is 1. The Kier molecular flexibility index (Phi) is 5.42. The number of benzene rings is 2. The lowest BCUT2D eigenvalue weighted by atomic mass is 10.1. The van der Waals surface area contributed by atoms with Crippen molar-refractivity contribution in [3.8, 4) is 5.75 Å². The Bertz CT molecular complexity index is 1170. The average molecular weight is 443 g/mol. The fourth-order valence-electron chi connectivity index (χ4n) is 3.40. The van der Waals surface area contributed by atoms with Gasteiger partial charge in [-0.15, -0.1) is 0 Å². The number of hydrogen-bond acceptors (Lipinski definition) is 4. The van der Waals surface area contributed by atoms with Crippen LogP contribution in [0.2, 0.25) is 5.02 Å². The van der Waals surface area contributed by atoms with E-state index in [1.807, 2.05) is 18.2 Å². The van der Waals surface area contributed by atoms with Crippen LogP contribution in [0.4, 0.5) is 5.69 Å². The summed E-state index contributed by atoms with van der Waals surface area (Å²) in [5.41, 5.74) is 2.78. The van der Waals surface area contributed by atoms with E-state index in [1.165, 1.54) is 16.7 Å². The molecule has 0 spiro atoms. The number of methoxy groups -OCH3 is 1. The normalized spacial score (nSPS) is 15.9. The highest BCUT2D eigenvalue weighted by molar-refractivity contribution is 8.27. The molecule has 1 aliphatic heterocycles. The fourth-order valence-corrected chi connectivity index (χ4v) is 4.94. The summed E-state index contributed by atoms with van der Waals surface area (Å²) in [5, 5.41) is 1.54. The molecule has 1 fully saturated rings. The van der Waals surface area contributed by atoms with Gasteiger partial charge in [-0.1, -0.05) is 53.8 Å². The van der Waals surface area contributed by atoms with Crippen LogP contribution in [0, 0.1) is 0 Å². The van der Waals surface area contributed by atoms with Gasteiger partial charge in [-0.2, -0.15) is 0 Å². The summed E-state index contributed by atoms with van der Waals surface area (Å²) < 4.78 is 7.89. The number of amides is 1. The zero-order valence-corrected chi connectivity index (χ0v) is 18.6. The lowest BCUT2D eigenvalue weighted by Gasteiger charge is -2.15. The molecule has 7 heteroatoms. The number of ether oxygens (including phenoxy) is 1. The fraction of sp³-hybridized carbons (Fsp3) is 0.182. The molecule has 0 bridgehead atoms. The lowest BCUT2D eigenvalue weighted by molar-refractivity contribution is -0.113. The van der Waals surface area contributed by atoms with Gasteiger partial charge in [0.1, 0.15) is 5.75 Å². The molecule has 29 heavy (non-hydrogen) atoms. The van der Waals surface area contributed by atoms with Crippen molar-refractivity contribution >= 4 is 68.5 Å². The molecule has 0 radical (unpaired) electrons. The minimum atomic E-state index is -0.150. The second-order valence-electron chi connectivity index (χ2n) is 6.94. The topological polar surface area (TPSA) is 34.5 Å². The quantitative estimate of drug-likeness (QED) is 0.351. The van der Waals surface area contributed by atoms with Crippen molar-refractivity contribution in [2.75, 3.05) is 12.0 Å². The molecule has 4 nitrogen and oxygen atoms in total. The Morgan fingerprint density at radius 1 is 1.21 bits per heavy atom. The van der Waals surface area contributed by atoms with E-state index in [-0.39, 0.29) is 5.91 Å². The maximum atomic E-state index is 13.1. The van der Waals surface area contributed by atoms with Crippen molar-refractivity contribution in [1.29, 1.82) is 0 Å². The number of carbonyl (C=O) groups is 1. The van der Waals surface area contributed by atoms with Crippen LogP contribution in [0.15, 0.2) is 53.6 Å². The van der Waals surface area contributed by atoms with Crippen LogP contribution in [0.25, 0.3) is 17.0 Å². The molecule has 1 aromatic heterocycles. The van der Waals surface area contributed by atoms with E-state index in [9.17, 15) is 4.79 Å². The van der Waals surface area contributed by atoms with E-state index >= 15 is 0 Å². The Morgan fingerprint density at radius 3 is 2.66 bits per heavy atom. The van der Waals surface area contributed by atoms with E-state index in [4.69, 9.17) is 28.6 Å². The van der Waals surface area contributed by atoms with Crippen LogP contribution in [0.5, 0.6) is 5.75 Å². The predicted molar refractivity (Wildman–Crippen MR) is 126 cm³/mol. The third-order valence-electron chi connectivity index (χ3n) is 4.80. The van der Waals surface area contributed by atoms with E-state index in [0.29, 0.717) is 31.7 Å². The molecule has 2 aromatic carbocycles. The number of carbonyl (C=O) groups excluding carboxylic acids is 1. The Labute approximate surface area is 184 Å². The number of para-hydroxylation sites is 1. The second-order valence-corrected chi connectivity index (χ2v) is 9.02. The van der Waals surface area contributed by atoms with Crippen LogP contribution >= 0.6 is 35.6 Å². The Morgan fingerprint density at radius 2 is 1.97 bits per heavy atom. The Balaban J connectivity index is 1.74. The lowest BCUT2D eigenvalue weighted by Crippen LogP contribution is -2.27. The summed E-state index contributed by atoms with van der Waals surface area (Å²) in [7, 11) is 1.55. The number of anilines is 1. The highest BCUT2D eigenvalue weighted by Crippen LogP contribution is 2.39. The zero-order chi connectivity index (χ0) is 20.7. The van der Waals surface area contributed by atoms with Gasteiger partial charge < -0.3 is 9.30 Å². The number of thiocarbonyl (C=S) groups is 1. The SMILES string of the molecule is COc1ccc(N2C(=O)/C(=C\c3cn(C(C)C)c4ccccc34)SC2=S)cc1Cl. The highest BCUT2D eigenvalue weighted by Gasteiger charge is 2.34. The van der Waals surface area contributed by atoms with Gasteiger partial charge in [0.2, 0.25) is 0 Å². The molecule has 1 aliphatic rings. The van der Waals surface area contributed by atoms with E-state index in [2.05, 4.69) is 36.7 Å². The van der Waals surface area contributed by atoms with Crippen molar-refractivity contribution in [1.82, 2.24) is 4.57 Å². The van der Waals surface area contributed by atoms with E-state index in [1.54, 1.807) is 25.3 Å². The molecule has 0 saturated carbocycles. The van der Waals surface area contributed by atoms with Crippen molar-refractivity contribution in [3.05, 3.63) is 64.2 Å². The molecule has 1 amide bonds. The van der Waals surface area contributed by atoms with Gasteiger partial charge in [-0.05, 0) is 44.2 Å². The van der Waals surface area contributed by atoms with Gasteiger partial charge in [0.05, 0.1) is 22.7 Å². The largest absolute Gasteiger partial charge is 0.495 e. The molecule has 0 N–H and O–H groups in total. The first-order valence-corrected chi connectivity index (χ1v) is 10.7. The smallest absolute Gasteiger partial charge is 0.270 e. The van der Waals surface area contributed by atoms with Gasteiger partial charge in [-0.3, -0.25) is 9.69 Å². The average Bonchev–Trinajstić information content (AvgIpc) is 3.20. The highest BCUT2D eigenvalue weighted by atomic mass is 35.5. The number of rotatable bonds is 4. The number of halogens is 1. The minimum Gasteiger partial charge on any atom is -0.495 e. The monoisotopic (exact) mass is 442 g/mol. The number of nitrogens with zero attached hydrogens (tertiary/aromatic N) is 2. The number of hydrogen-bond donors (Lipinski definition) is 0. The van der Waals surface area contributed by atoms with Crippen LogP contribution in [0.3, 0.4) is 0 Å². The maximum Gasteiger partial charge on any atom is 0.270 e. The maximum absolute atomic E-state index is 13.1. The van der Waals surface area contributed by atoms with Gasteiger partial charge in [0, 0.05) is 28.7 Å². The standard InChI is InChI=1S/C22H19ClN2O2S2/c1-13(2)24-12-14(16-6-4-5-7-18(16)24)10-20-21(26)25(22(28)29-20)15-8-9-19(27-3)17(23)11-15/h4-13H,1-3H3/b20-10+. The van der Waals surface area contributed by atoms with Crippen molar-refractivity contribution < 1.29 is 9.53 Å². The molecular weight excluding hydrogens is 424 g/mol. The van der Waals surface area contributed by atoms with E-state index in [0.717, 1.165) is 16.5 Å². The zero-order valence-electron chi connectivity index (χ0n) is 16.2. The minimum absolute atomic E-state index is 0.150. The first kappa shape index (κ1) is 20.0. The summed E-state index contributed by atoms with van der Waals surface area (Å²) in [6.07, 6.45) is 4.01. The van der Waals surface area contributed by atoms with Gasteiger partial charge in [0.15, 0.2) is 4.32 Å². The molecule has 148 valence electrons. The molecule has 3 aromatic rings. The third kappa shape index (κ3) is 3.56. The molecule has 4 rings (SSSR count). The summed E-state index contributed by atoms with van der Waals surface area (Å²) in [5.74, 6) is 0.403. The first-order chi connectivity index (χ1) is 13.9. The first-order valence-electron chi connectivity index (χ1n) is 9.11. The summed E-state index contributed by atoms with van der Waals surface area (Å²) >= 11 is 13.0. The molecular formula is C22H19ClN2O2S2. The molecule has 2 heterocycles. The number of aromatic nitrogens is 1.